The van der Waals surface area contributed by atoms with E-state index in [0.29, 0.717) is 12.5 Å². The fraction of sp³-hybridized carbons (Fsp3) is 0.700. The second kappa shape index (κ2) is 5.62. The molecule has 1 amide bonds. The van der Waals surface area contributed by atoms with Crippen LogP contribution in [0.25, 0.3) is 0 Å². The van der Waals surface area contributed by atoms with Crippen LogP contribution in [0.2, 0.25) is 0 Å². The number of aromatic nitrogens is 3. The van der Waals surface area contributed by atoms with Crippen molar-refractivity contribution in [1.82, 2.24) is 20.1 Å². The maximum atomic E-state index is 11.6. The van der Waals surface area contributed by atoms with Gasteiger partial charge < -0.3 is 15.8 Å². The minimum atomic E-state index is -0.0682. The molecule has 0 atom stereocenters. The van der Waals surface area contributed by atoms with Crippen LogP contribution in [-0.2, 0) is 16.1 Å². The lowest BCUT2D eigenvalue weighted by Crippen LogP contribution is -2.34. The molecule has 0 saturated carbocycles. The first-order chi connectivity index (χ1) is 8.24. The van der Waals surface area contributed by atoms with Gasteiger partial charge in [-0.3, -0.25) is 4.79 Å². The summed E-state index contributed by atoms with van der Waals surface area (Å²) in [5.41, 5.74) is 5.36. The normalized spacial score (nSPS) is 16.9. The monoisotopic (exact) mass is 239 g/mol. The van der Waals surface area contributed by atoms with E-state index in [0.717, 1.165) is 26.1 Å². The summed E-state index contributed by atoms with van der Waals surface area (Å²) in [7, 11) is 0. The number of rotatable bonds is 4. The third kappa shape index (κ3) is 3.70. The number of nitrogens with zero attached hydrogens (tertiary/aromatic N) is 3. The molecule has 3 N–H and O–H groups in total. The molecule has 1 aromatic heterocycles. The molecule has 1 aliphatic rings. The molecule has 0 unspecified atom stereocenters. The van der Waals surface area contributed by atoms with Gasteiger partial charge in [0.2, 0.25) is 11.9 Å². The van der Waals surface area contributed by atoms with Crippen molar-refractivity contribution in [2.45, 2.75) is 19.4 Å². The average Bonchev–Trinajstić information content (AvgIpc) is 2.73. The summed E-state index contributed by atoms with van der Waals surface area (Å²) in [5.74, 6) is 0.636. The third-order valence-electron chi connectivity index (χ3n) is 2.79. The molecule has 1 fully saturated rings. The fourth-order valence-electron chi connectivity index (χ4n) is 1.80. The van der Waals surface area contributed by atoms with Crippen molar-refractivity contribution in [2.24, 2.45) is 5.92 Å². The van der Waals surface area contributed by atoms with Crippen molar-refractivity contribution in [2.75, 3.05) is 25.5 Å². The molecule has 94 valence electrons. The predicted octanol–water partition coefficient (Wildman–Crippen LogP) is -0.597. The van der Waals surface area contributed by atoms with Gasteiger partial charge in [0.25, 0.3) is 0 Å². The van der Waals surface area contributed by atoms with Crippen LogP contribution in [0, 0.1) is 5.92 Å². The van der Waals surface area contributed by atoms with E-state index >= 15 is 0 Å². The van der Waals surface area contributed by atoms with Crippen LogP contribution in [-0.4, -0.2) is 40.4 Å². The topological polar surface area (TPSA) is 95.1 Å². The lowest BCUT2D eigenvalue weighted by molar-refractivity contribution is -0.122. The molecule has 0 aromatic carbocycles. The highest BCUT2D eigenvalue weighted by Crippen LogP contribution is 2.12. The van der Waals surface area contributed by atoms with Gasteiger partial charge in [0.05, 0.1) is 0 Å². The van der Waals surface area contributed by atoms with E-state index in [1.165, 1.54) is 11.0 Å². The first-order valence-electron chi connectivity index (χ1n) is 5.73. The zero-order chi connectivity index (χ0) is 12.1. The molecule has 0 radical (unpaired) electrons. The lowest BCUT2D eigenvalue weighted by atomic mass is 10.0. The first-order valence-corrected chi connectivity index (χ1v) is 5.73. The quantitative estimate of drug-likeness (QED) is 0.731. The van der Waals surface area contributed by atoms with Gasteiger partial charge in [-0.2, -0.15) is 0 Å². The second-order valence-corrected chi connectivity index (χ2v) is 4.16. The van der Waals surface area contributed by atoms with Gasteiger partial charge in [-0.25, -0.2) is 9.67 Å². The molecule has 0 aliphatic carbocycles. The van der Waals surface area contributed by atoms with E-state index in [1.54, 1.807) is 0 Å². The largest absolute Gasteiger partial charge is 0.381 e. The van der Waals surface area contributed by atoms with Crippen LogP contribution in [0.4, 0.5) is 5.95 Å². The smallest absolute Gasteiger partial charge is 0.241 e. The maximum Gasteiger partial charge on any atom is 0.241 e. The zero-order valence-electron chi connectivity index (χ0n) is 9.63. The highest BCUT2D eigenvalue weighted by atomic mass is 16.5. The number of carbonyl (C=O) groups excluding carboxylic acids is 1. The van der Waals surface area contributed by atoms with Gasteiger partial charge in [0.1, 0.15) is 12.9 Å². The second-order valence-electron chi connectivity index (χ2n) is 4.16. The van der Waals surface area contributed by atoms with Crippen molar-refractivity contribution in [3.05, 3.63) is 6.33 Å². The van der Waals surface area contributed by atoms with Gasteiger partial charge in [-0.15, -0.1) is 5.10 Å². The van der Waals surface area contributed by atoms with E-state index in [1.807, 2.05) is 0 Å². The molecule has 7 nitrogen and oxygen atoms in total. The van der Waals surface area contributed by atoms with Crippen molar-refractivity contribution in [1.29, 1.82) is 0 Å². The van der Waals surface area contributed by atoms with Gasteiger partial charge in [-0.05, 0) is 18.8 Å². The summed E-state index contributed by atoms with van der Waals surface area (Å²) < 4.78 is 6.68. The number of carbonyl (C=O) groups is 1. The highest BCUT2D eigenvalue weighted by molar-refractivity contribution is 5.75. The lowest BCUT2D eigenvalue weighted by Gasteiger charge is -2.22. The minimum Gasteiger partial charge on any atom is -0.381 e. The summed E-state index contributed by atoms with van der Waals surface area (Å²) in [5, 5.41) is 6.73. The third-order valence-corrected chi connectivity index (χ3v) is 2.79. The fourth-order valence-corrected chi connectivity index (χ4v) is 1.80. The summed E-state index contributed by atoms with van der Waals surface area (Å²) in [6.45, 7) is 2.44. The summed E-state index contributed by atoms with van der Waals surface area (Å²) in [4.78, 5) is 15.3. The van der Waals surface area contributed by atoms with Gasteiger partial charge >= 0.3 is 0 Å². The van der Waals surface area contributed by atoms with Crippen LogP contribution < -0.4 is 11.1 Å². The van der Waals surface area contributed by atoms with E-state index in [2.05, 4.69) is 15.4 Å². The van der Waals surface area contributed by atoms with Crippen LogP contribution in [0.5, 0.6) is 0 Å². The number of ether oxygens (including phenoxy) is 1. The van der Waals surface area contributed by atoms with Crippen molar-refractivity contribution in [3.8, 4) is 0 Å². The number of nitrogen functional groups attached to an aromatic ring is 1. The molecule has 0 bridgehead atoms. The van der Waals surface area contributed by atoms with Gasteiger partial charge in [0, 0.05) is 19.8 Å². The number of amides is 1. The number of hydrogen-bond acceptors (Lipinski definition) is 5. The summed E-state index contributed by atoms with van der Waals surface area (Å²) >= 11 is 0. The van der Waals surface area contributed by atoms with Crippen molar-refractivity contribution in [3.63, 3.8) is 0 Å². The van der Waals surface area contributed by atoms with Crippen LogP contribution >= 0.6 is 0 Å². The van der Waals surface area contributed by atoms with Crippen LogP contribution in [0.3, 0.4) is 0 Å². The first kappa shape index (κ1) is 11.8. The summed E-state index contributed by atoms with van der Waals surface area (Å²) in [6, 6.07) is 0. The van der Waals surface area contributed by atoms with Gasteiger partial charge in [-0.1, -0.05) is 0 Å². The van der Waals surface area contributed by atoms with Crippen molar-refractivity contribution >= 4 is 11.9 Å². The van der Waals surface area contributed by atoms with Crippen molar-refractivity contribution < 1.29 is 9.53 Å². The Bertz CT molecular complexity index is 373. The SMILES string of the molecule is Nc1ncn(CC(=O)NCC2CCOCC2)n1. The Morgan fingerprint density at radius 1 is 1.59 bits per heavy atom. The highest BCUT2D eigenvalue weighted by Gasteiger charge is 2.14. The molecule has 1 aliphatic heterocycles. The molecule has 17 heavy (non-hydrogen) atoms. The molecular formula is C10H17N5O2. The Kier molecular flexibility index (Phi) is 3.92. The predicted molar refractivity (Wildman–Crippen MR) is 61.0 cm³/mol. The molecule has 7 heteroatoms. The van der Waals surface area contributed by atoms with Crippen LogP contribution in [0.15, 0.2) is 6.33 Å². The number of anilines is 1. The standard InChI is InChI=1S/C10H17N5O2/c11-10-13-7-15(14-10)6-9(16)12-5-8-1-3-17-4-2-8/h7-8H,1-6H2,(H2,11,14)(H,12,16). The Labute approximate surface area is 99.3 Å². The molecule has 0 spiro atoms. The number of nitrogens with one attached hydrogen (secondary N) is 1. The van der Waals surface area contributed by atoms with E-state index in [9.17, 15) is 4.79 Å². The molecule has 2 heterocycles. The van der Waals surface area contributed by atoms with Gasteiger partial charge in [0.15, 0.2) is 0 Å². The maximum absolute atomic E-state index is 11.6. The van der Waals surface area contributed by atoms with E-state index in [-0.39, 0.29) is 18.4 Å². The van der Waals surface area contributed by atoms with E-state index in [4.69, 9.17) is 10.5 Å². The molecule has 2 rings (SSSR count). The minimum absolute atomic E-state index is 0.0682. The Hall–Kier alpha value is -1.63. The Morgan fingerprint density at radius 2 is 2.35 bits per heavy atom. The summed E-state index contributed by atoms with van der Waals surface area (Å²) in [6.07, 6.45) is 3.47. The zero-order valence-corrected chi connectivity index (χ0v) is 9.63. The Morgan fingerprint density at radius 3 is 3.00 bits per heavy atom. The number of hydrogen-bond donors (Lipinski definition) is 2. The number of nitrogens with two attached hydrogens (primary N) is 1. The Balaban J connectivity index is 1.70. The molecular weight excluding hydrogens is 222 g/mol. The van der Waals surface area contributed by atoms with Crippen LogP contribution in [0.1, 0.15) is 12.8 Å². The molecule has 1 saturated heterocycles. The average molecular weight is 239 g/mol. The van der Waals surface area contributed by atoms with E-state index < -0.39 is 0 Å². The molecule has 1 aromatic rings.